The number of fused-ring (bicyclic) bond motifs is 1. The molecule has 0 aliphatic heterocycles. The largest absolute Gasteiger partial charge is 0.353 e. The third-order valence-electron chi connectivity index (χ3n) is 4.78. The molecule has 2 heterocycles. The Morgan fingerprint density at radius 2 is 2.00 bits per heavy atom. The van der Waals surface area contributed by atoms with Crippen molar-refractivity contribution in [3.63, 3.8) is 0 Å². The molecule has 3 aromatic rings. The lowest BCUT2D eigenvalue weighted by Crippen LogP contribution is -2.33. The van der Waals surface area contributed by atoms with Gasteiger partial charge in [-0.3, -0.25) is 4.79 Å². The summed E-state index contributed by atoms with van der Waals surface area (Å²) in [5.74, 6) is 0.374. The summed E-state index contributed by atoms with van der Waals surface area (Å²) < 4.78 is 1.77. The molecule has 8 heteroatoms. The molecule has 1 aliphatic carbocycles. The van der Waals surface area contributed by atoms with Crippen LogP contribution in [0.15, 0.2) is 35.6 Å². The number of amides is 1. The van der Waals surface area contributed by atoms with Crippen molar-refractivity contribution in [2.75, 3.05) is 5.75 Å². The van der Waals surface area contributed by atoms with E-state index in [-0.39, 0.29) is 5.91 Å². The Morgan fingerprint density at radius 3 is 2.78 bits per heavy atom. The molecule has 0 bridgehead atoms. The number of carbonyl (C=O) groups is 1. The number of benzene rings is 1. The van der Waals surface area contributed by atoms with Crippen molar-refractivity contribution in [2.45, 2.75) is 50.2 Å². The van der Waals surface area contributed by atoms with E-state index in [1.807, 2.05) is 0 Å². The van der Waals surface area contributed by atoms with Crippen LogP contribution in [0.4, 0.5) is 0 Å². The summed E-state index contributed by atoms with van der Waals surface area (Å²) in [5, 5.41) is 12.3. The van der Waals surface area contributed by atoms with Gasteiger partial charge in [-0.05, 0) is 25.3 Å². The minimum Gasteiger partial charge on any atom is -0.353 e. The van der Waals surface area contributed by atoms with Crippen molar-refractivity contribution < 1.29 is 4.79 Å². The van der Waals surface area contributed by atoms with Crippen LogP contribution in [-0.2, 0) is 11.3 Å². The van der Waals surface area contributed by atoms with E-state index in [2.05, 4.69) is 56.8 Å². The number of aromatic nitrogens is 5. The Morgan fingerprint density at radius 1 is 1.22 bits per heavy atom. The second-order valence-corrected chi connectivity index (χ2v) is 7.89. The Kier molecular flexibility index (Phi) is 5.33. The van der Waals surface area contributed by atoms with E-state index in [1.165, 1.54) is 36.5 Å². The summed E-state index contributed by atoms with van der Waals surface area (Å²) in [5.41, 5.74) is 3.68. The van der Waals surface area contributed by atoms with Crippen molar-refractivity contribution in [3.8, 4) is 0 Å². The summed E-state index contributed by atoms with van der Waals surface area (Å²) in [7, 11) is 0. The number of nitrogens with zero attached hydrogens (tertiary/aromatic N) is 5. The maximum atomic E-state index is 12.2. The van der Waals surface area contributed by atoms with Crippen LogP contribution in [0.5, 0.6) is 0 Å². The molecule has 0 unspecified atom stereocenters. The monoisotopic (exact) mass is 382 g/mol. The first-order valence-electron chi connectivity index (χ1n) is 9.21. The molecule has 1 amide bonds. The fraction of sp³-hybridized carbons (Fsp3) is 0.421. The van der Waals surface area contributed by atoms with E-state index < -0.39 is 0 Å². The normalized spacial score (nSPS) is 14.7. The lowest BCUT2D eigenvalue weighted by atomic mass is 10.1. The fourth-order valence-corrected chi connectivity index (χ4v) is 4.06. The van der Waals surface area contributed by atoms with Gasteiger partial charge in [-0.2, -0.15) is 0 Å². The van der Waals surface area contributed by atoms with Crippen LogP contribution in [0.2, 0.25) is 0 Å². The molecule has 4 rings (SSSR count). The van der Waals surface area contributed by atoms with Gasteiger partial charge in [0, 0.05) is 6.04 Å². The molecule has 1 aromatic carbocycles. The molecule has 0 saturated heterocycles. The second-order valence-electron chi connectivity index (χ2n) is 6.92. The lowest BCUT2D eigenvalue weighted by Gasteiger charge is -2.11. The van der Waals surface area contributed by atoms with E-state index in [0.29, 0.717) is 34.5 Å². The van der Waals surface area contributed by atoms with Crippen LogP contribution < -0.4 is 5.32 Å². The fourth-order valence-electron chi connectivity index (χ4n) is 3.32. The zero-order valence-electron chi connectivity index (χ0n) is 15.3. The number of carbonyl (C=O) groups excluding carboxylic acids is 1. The summed E-state index contributed by atoms with van der Waals surface area (Å²) >= 11 is 1.38. The molecule has 0 radical (unpaired) electrons. The molecule has 1 fully saturated rings. The number of thioether (sulfide) groups is 1. The first-order valence-corrected chi connectivity index (χ1v) is 10.2. The molecule has 1 aliphatic rings. The highest BCUT2D eigenvalue weighted by Gasteiger charge is 2.18. The minimum absolute atomic E-state index is 0.0470. The number of hydrogen-bond donors (Lipinski definition) is 1. The third kappa shape index (κ3) is 4.27. The minimum atomic E-state index is 0.0470. The SMILES string of the molecule is Cc1ccc(Cn2nnc3c(SCC(=O)NC4CCCC4)ncnc32)cc1. The highest BCUT2D eigenvalue weighted by Crippen LogP contribution is 2.23. The zero-order valence-corrected chi connectivity index (χ0v) is 16.1. The molecular weight excluding hydrogens is 360 g/mol. The van der Waals surface area contributed by atoms with Gasteiger partial charge in [-0.25, -0.2) is 14.6 Å². The summed E-state index contributed by atoms with van der Waals surface area (Å²) in [6, 6.07) is 8.64. The standard InChI is InChI=1S/C19H22N6OS/c1-13-6-8-14(9-7-13)10-25-18-17(23-24-25)19(21-12-20-18)27-11-16(26)22-15-4-2-3-5-15/h6-9,12,15H,2-5,10-11H2,1H3,(H,22,26). The van der Waals surface area contributed by atoms with E-state index in [4.69, 9.17) is 0 Å². The van der Waals surface area contributed by atoms with Crippen molar-refractivity contribution >= 4 is 28.8 Å². The van der Waals surface area contributed by atoms with Gasteiger partial charge < -0.3 is 5.32 Å². The van der Waals surface area contributed by atoms with Gasteiger partial charge in [0.15, 0.2) is 11.2 Å². The van der Waals surface area contributed by atoms with E-state index in [0.717, 1.165) is 18.4 Å². The highest BCUT2D eigenvalue weighted by atomic mass is 32.2. The number of hydrogen-bond acceptors (Lipinski definition) is 6. The number of rotatable bonds is 6. The number of nitrogens with one attached hydrogen (secondary N) is 1. The summed E-state index contributed by atoms with van der Waals surface area (Å²) in [4.78, 5) is 20.8. The van der Waals surface area contributed by atoms with E-state index >= 15 is 0 Å². The average Bonchev–Trinajstić information content (AvgIpc) is 3.32. The van der Waals surface area contributed by atoms with Gasteiger partial charge >= 0.3 is 0 Å². The predicted octanol–water partition coefficient (Wildman–Crippen LogP) is 2.73. The van der Waals surface area contributed by atoms with Crippen molar-refractivity contribution in [3.05, 3.63) is 41.7 Å². The topological polar surface area (TPSA) is 85.6 Å². The van der Waals surface area contributed by atoms with E-state index in [1.54, 1.807) is 4.68 Å². The molecule has 0 atom stereocenters. The molecular formula is C19H22N6OS. The lowest BCUT2D eigenvalue weighted by molar-refractivity contribution is -0.119. The van der Waals surface area contributed by atoms with Crippen LogP contribution in [0.25, 0.3) is 11.2 Å². The summed E-state index contributed by atoms with van der Waals surface area (Å²) in [6.07, 6.45) is 6.08. The molecule has 0 spiro atoms. The van der Waals surface area contributed by atoms with Crippen molar-refractivity contribution in [1.29, 1.82) is 0 Å². The summed E-state index contributed by atoms with van der Waals surface area (Å²) in [6.45, 7) is 2.66. The van der Waals surface area contributed by atoms with Crippen molar-refractivity contribution in [1.82, 2.24) is 30.3 Å². The molecule has 1 N–H and O–H groups in total. The van der Waals surface area contributed by atoms with Gasteiger partial charge in [0.1, 0.15) is 11.4 Å². The second kappa shape index (κ2) is 8.04. The molecule has 27 heavy (non-hydrogen) atoms. The van der Waals surface area contributed by atoms with Gasteiger partial charge in [0.25, 0.3) is 0 Å². The van der Waals surface area contributed by atoms with Gasteiger partial charge in [-0.1, -0.05) is 59.6 Å². The Labute approximate surface area is 162 Å². The Bertz CT molecular complexity index is 933. The maximum Gasteiger partial charge on any atom is 0.230 e. The van der Waals surface area contributed by atoms with Crippen LogP contribution >= 0.6 is 11.8 Å². The molecule has 2 aromatic heterocycles. The van der Waals surface area contributed by atoms with Gasteiger partial charge in [0.05, 0.1) is 12.3 Å². The maximum absolute atomic E-state index is 12.2. The zero-order chi connectivity index (χ0) is 18.6. The Balaban J connectivity index is 1.45. The molecule has 7 nitrogen and oxygen atoms in total. The van der Waals surface area contributed by atoms with Crippen LogP contribution in [0, 0.1) is 6.92 Å². The number of aryl methyl sites for hydroxylation is 1. The molecule has 1 saturated carbocycles. The highest BCUT2D eigenvalue weighted by molar-refractivity contribution is 8.00. The van der Waals surface area contributed by atoms with Crippen molar-refractivity contribution in [2.24, 2.45) is 0 Å². The van der Waals surface area contributed by atoms with Gasteiger partial charge in [0.2, 0.25) is 5.91 Å². The van der Waals surface area contributed by atoms with Gasteiger partial charge in [-0.15, -0.1) is 5.10 Å². The predicted molar refractivity (Wildman–Crippen MR) is 105 cm³/mol. The van der Waals surface area contributed by atoms with Crippen LogP contribution in [0.3, 0.4) is 0 Å². The first kappa shape index (κ1) is 17.9. The average molecular weight is 382 g/mol. The van der Waals surface area contributed by atoms with Crippen LogP contribution in [0.1, 0.15) is 36.8 Å². The third-order valence-corrected chi connectivity index (χ3v) is 5.76. The van der Waals surface area contributed by atoms with E-state index in [9.17, 15) is 4.79 Å². The quantitative estimate of drug-likeness (QED) is 0.521. The Hall–Kier alpha value is -2.48. The first-order chi connectivity index (χ1) is 13.2. The smallest absolute Gasteiger partial charge is 0.230 e. The van der Waals surface area contributed by atoms with Crippen LogP contribution in [-0.4, -0.2) is 42.7 Å². The molecule has 140 valence electrons.